The molecule has 126 valence electrons. The fourth-order valence-electron chi connectivity index (χ4n) is 3.65. The van der Waals surface area contributed by atoms with Gasteiger partial charge in [-0.1, -0.05) is 30.7 Å². The quantitative estimate of drug-likeness (QED) is 0.141. The minimum Gasteiger partial charge on any atom is -0.463 e. The van der Waals surface area contributed by atoms with Gasteiger partial charge >= 0.3 is 11.0 Å². The van der Waals surface area contributed by atoms with Crippen molar-refractivity contribution in [2.24, 2.45) is 22.9 Å². The third kappa shape index (κ3) is 2.60. The lowest BCUT2D eigenvalue weighted by molar-refractivity contribution is -0.552. The summed E-state index contributed by atoms with van der Waals surface area (Å²) in [5.41, 5.74) is 0.492. The molecule has 3 unspecified atom stereocenters. The van der Waals surface area contributed by atoms with E-state index in [2.05, 4.69) is 5.16 Å². The van der Waals surface area contributed by atoms with Gasteiger partial charge in [-0.25, -0.2) is 4.79 Å². The number of halogens is 1. The van der Waals surface area contributed by atoms with Gasteiger partial charge in [0.2, 0.25) is 6.10 Å². The average Bonchev–Trinajstić information content (AvgIpc) is 3.21. The Labute approximate surface area is 138 Å². The van der Waals surface area contributed by atoms with Gasteiger partial charge in [-0.3, -0.25) is 10.1 Å². The molecule has 0 radical (unpaired) electrons. The van der Waals surface area contributed by atoms with Crippen LogP contribution in [0.15, 0.2) is 17.3 Å². The van der Waals surface area contributed by atoms with Crippen molar-refractivity contribution in [1.82, 2.24) is 0 Å². The number of rotatable bonds is 6. The molecule has 5 atom stereocenters. The van der Waals surface area contributed by atoms with Gasteiger partial charge in [0.25, 0.3) is 0 Å². The summed E-state index contributed by atoms with van der Waals surface area (Å²) >= 11 is 6.38. The number of hydrogen-bond donors (Lipinski definition) is 0. The second-order valence-corrected chi connectivity index (χ2v) is 6.86. The third-order valence-electron chi connectivity index (χ3n) is 4.84. The summed E-state index contributed by atoms with van der Waals surface area (Å²) in [7, 11) is 0. The second kappa shape index (κ2) is 6.11. The molecule has 2 bridgehead atoms. The summed E-state index contributed by atoms with van der Waals surface area (Å²) in [4.78, 5) is 26.6. The lowest BCUT2D eigenvalue weighted by Crippen LogP contribution is -2.47. The Morgan fingerprint density at radius 3 is 3.09 bits per heavy atom. The van der Waals surface area contributed by atoms with Gasteiger partial charge in [0.05, 0.1) is 24.2 Å². The summed E-state index contributed by atoms with van der Waals surface area (Å²) in [5.74, 6) is -1.35. The van der Waals surface area contributed by atoms with Crippen LogP contribution in [-0.4, -0.2) is 34.3 Å². The van der Waals surface area contributed by atoms with E-state index in [1.54, 1.807) is 0 Å². The SMILES string of the molecule is CCCCOC(=O)C1CC([C@H]2C3C=CC(C3)[C@]2(Cl)[N+](=O)[O-])=NO1. The number of oxime groups is 1. The number of allylic oxidation sites excluding steroid dienone is 1. The number of unbranched alkanes of at least 4 members (excludes halogenated alkanes) is 1. The molecule has 3 rings (SSSR count). The molecule has 1 saturated carbocycles. The average molecular weight is 343 g/mol. The summed E-state index contributed by atoms with van der Waals surface area (Å²) in [6, 6.07) is 0. The van der Waals surface area contributed by atoms with Gasteiger partial charge in [0.1, 0.15) is 0 Å². The molecule has 1 aliphatic heterocycles. The zero-order chi connectivity index (χ0) is 16.6. The molecule has 7 nitrogen and oxygen atoms in total. The number of nitro groups is 1. The van der Waals surface area contributed by atoms with Crippen LogP contribution in [0.25, 0.3) is 0 Å². The lowest BCUT2D eigenvalue weighted by atomic mass is 9.83. The number of alkyl halides is 1. The van der Waals surface area contributed by atoms with Crippen molar-refractivity contribution in [3.8, 4) is 0 Å². The standard InChI is InChI=1S/C15H19ClN2O5/c1-2-3-6-22-14(19)12-8-11(17-23-12)13-9-4-5-10(7-9)15(13,16)18(20)21/h4-5,9-10,12-13H,2-3,6-8H2,1H3/t9?,10?,12?,13-,15+/m1/s1. The van der Waals surface area contributed by atoms with E-state index in [0.29, 0.717) is 18.7 Å². The first kappa shape index (κ1) is 16.2. The van der Waals surface area contributed by atoms with Crippen LogP contribution in [0, 0.1) is 27.9 Å². The fraction of sp³-hybridized carbons (Fsp3) is 0.733. The van der Waals surface area contributed by atoms with E-state index in [-0.39, 0.29) is 18.3 Å². The van der Waals surface area contributed by atoms with Crippen LogP contribution in [-0.2, 0) is 14.4 Å². The largest absolute Gasteiger partial charge is 0.463 e. The predicted octanol–water partition coefficient (Wildman–Crippen LogP) is 2.51. The fourth-order valence-corrected chi connectivity index (χ4v) is 4.10. The monoisotopic (exact) mass is 342 g/mol. The van der Waals surface area contributed by atoms with Gasteiger partial charge in [0, 0.05) is 11.3 Å². The lowest BCUT2D eigenvalue weighted by Gasteiger charge is -2.28. The first-order chi connectivity index (χ1) is 11.0. The maximum atomic E-state index is 11.9. The van der Waals surface area contributed by atoms with Crippen molar-refractivity contribution in [1.29, 1.82) is 0 Å². The van der Waals surface area contributed by atoms with E-state index in [4.69, 9.17) is 21.2 Å². The van der Waals surface area contributed by atoms with E-state index in [1.807, 2.05) is 19.1 Å². The number of hydrogen-bond acceptors (Lipinski definition) is 6. The molecule has 8 heteroatoms. The van der Waals surface area contributed by atoms with Gasteiger partial charge in [-0.05, 0) is 30.4 Å². The van der Waals surface area contributed by atoms with Crippen molar-refractivity contribution < 1.29 is 19.3 Å². The normalized spacial score (nSPS) is 37.6. The zero-order valence-electron chi connectivity index (χ0n) is 12.8. The first-order valence-corrected chi connectivity index (χ1v) is 8.27. The Bertz CT molecular complexity index is 578. The molecule has 2 aliphatic carbocycles. The van der Waals surface area contributed by atoms with Gasteiger partial charge in [-0.2, -0.15) is 0 Å². The summed E-state index contributed by atoms with van der Waals surface area (Å²) in [6.07, 6.45) is 5.50. The second-order valence-electron chi connectivity index (χ2n) is 6.26. The molecule has 0 aromatic rings. The van der Waals surface area contributed by atoms with Gasteiger partial charge in [0.15, 0.2) is 0 Å². The van der Waals surface area contributed by atoms with Crippen LogP contribution in [0.1, 0.15) is 32.6 Å². The summed E-state index contributed by atoms with van der Waals surface area (Å²) < 4.78 is 5.12. The molecule has 0 aromatic carbocycles. The van der Waals surface area contributed by atoms with Crippen molar-refractivity contribution in [2.75, 3.05) is 6.61 Å². The molecule has 23 heavy (non-hydrogen) atoms. The Balaban J connectivity index is 1.68. The maximum absolute atomic E-state index is 11.9. The number of carbonyl (C=O) groups is 1. The highest BCUT2D eigenvalue weighted by atomic mass is 35.5. The molecule has 0 saturated heterocycles. The zero-order valence-corrected chi connectivity index (χ0v) is 13.6. The molecule has 0 N–H and O–H groups in total. The van der Waals surface area contributed by atoms with Crippen LogP contribution in [0.3, 0.4) is 0 Å². The molecular weight excluding hydrogens is 324 g/mol. The topological polar surface area (TPSA) is 91.0 Å². The van der Waals surface area contributed by atoms with Crippen LogP contribution >= 0.6 is 11.6 Å². The van der Waals surface area contributed by atoms with E-state index >= 15 is 0 Å². The Morgan fingerprint density at radius 2 is 2.39 bits per heavy atom. The summed E-state index contributed by atoms with van der Waals surface area (Å²) in [5, 5.41) is 15.5. The molecular formula is C15H19ClN2O5. The number of nitrogens with zero attached hydrogens (tertiary/aromatic N) is 2. The van der Waals surface area contributed by atoms with Crippen LogP contribution in [0.5, 0.6) is 0 Å². The third-order valence-corrected chi connectivity index (χ3v) is 5.49. The molecule has 0 spiro atoms. The van der Waals surface area contributed by atoms with E-state index in [0.717, 1.165) is 12.8 Å². The number of carbonyl (C=O) groups excluding carboxylic acids is 1. The summed E-state index contributed by atoms with van der Waals surface area (Å²) in [6.45, 7) is 2.34. The number of ether oxygens (including phenoxy) is 1. The van der Waals surface area contributed by atoms with Crippen LogP contribution in [0.2, 0.25) is 0 Å². The smallest absolute Gasteiger partial charge is 0.350 e. The maximum Gasteiger partial charge on any atom is 0.350 e. The first-order valence-electron chi connectivity index (χ1n) is 7.89. The molecule has 1 fully saturated rings. The van der Waals surface area contributed by atoms with Crippen LogP contribution < -0.4 is 0 Å². The van der Waals surface area contributed by atoms with Crippen molar-refractivity contribution in [2.45, 2.75) is 43.7 Å². The minimum absolute atomic E-state index is 0.0277. The van der Waals surface area contributed by atoms with Crippen molar-refractivity contribution in [3.05, 3.63) is 22.3 Å². The van der Waals surface area contributed by atoms with Crippen molar-refractivity contribution >= 4 is 23.3 Å². The molecule has 3 aliphatic rings. The highest BCUT2D eigenvalue weighted by Gasteiger charge is 2.66. The molecule has 0 amide bonds. The Hall–Kier alpha value is -1.63. The highest BCUT2D eigenvalue weighted by molar-refractivity contribution is 6.25. The van der Waals surface area contributed by atoms with Crippen LogP contribution in [0.4, 0.5) is 0 Å². The molecule has 0 aromatic heterocycles. The molecule has 1 heterocycles. The minimum atomic E-state index is -1.59. The Morgan fingerprint density at radius 1 is 1.61 bits per heavy atom. The van der Waals surface area contributed by atoms with E-state index in [1.165, 1.54) is 0 Å². The van der Waals surface area contributed by atoms with Gasteiger partial charge < -0.3 is 9.57 Å². The van der Waals surface area contributed by atoms with Gasteiger partial charge in [-0.15, -0.1) is 0 Å². The van der Waals surface area contributed by atoms with Crippen molar-refractivity contribution in [3.63, 3.8) is 0 Å². The van der Waals surface area contributed by atoms with E-state index in [9.17, 15) is 14.9 Å². The highest BCUT2D eigenvalue weighted by Crippen LogP contribution is 2.55. The number of fused-ring (bicyclic) bond motifs is 2. The predicted molar refractivity (Wildman–Crippen MR) is 82.6 cm³/mol. The number of esters is 1. The van der Waals surface area contributed by atoms with E-state index < -0.39 is 27.9 Å². The Kier molecular flexibility index (Phi) is 4.31.